The molecule has 6 nitrogen and oxygen atoms in total. The third-order valence-corrected chi connectivity index (χ3v) is 4.14. The van der Waals surface area contributed by atoms with E-state index in [1.54, 1.807) is 0 Å². The van der Waals surface area contributed by atoms with Gasteiger partial charge in [0.1, 0.15) is 0 Å². The Morgan fingerprint density at radius 1 is 1.33 bits per heavy atom. The van der Waals surface area contributed by atoms with Crippen molar-refractivity contribution in [2.75, 3.05) is 0 Å². The lowest BCUT2D eigenvalue weighted by Crippen LogP contribution is -2.27. The van der Waals surface area contributed by atoms with Crippen molar-refractivity contribution in [2.24, 2.45) is 16.9 Å². The molecule has 0 aliphatic rings. The van der Waals surface area contributed by atoms with E-state index in [2.05, 4.69) is 25.9 Å². The molecule has 6 N–H and O–H groups in total. The second kappa shape index (κ2) is 5.65. The molecule has 1 aromatic carbocycles. The van der Waals surface area contributed by atoms with Crippen LogP contribution in [0.25, 0.3) is 11.0 Å². The molecule has 0 aliphatic heterocycles. The predicted octanol–water partition coefficient (Wildman–Crippen LogP) is 1.91. The number of hydrogen-bond acceptors (Lipinski definition) is 3. The molecule has 1 amide bonds. The van der Waals surface area contributed by atoms with Crippen LogP contribution in [-0.2, 0) is 4.79 Å². The third kappa shape index (κ3) is 3.74. The summed E-state index contributed by atoms with van der Waals surface area (Å²) >= 11 is 3.48. The molecular formula is C14H19BrN4O2. The second-order valence-corrected chi connectivity index (χ2v) is 6.97. The minimum absolute atomic E-state index is 0.253. The SMILES string of the molecule is CC(C)(CC(N)=O)CC(N)c1cc2[nH]c(=O)[nH]c2cc1Br. The monoisotopic (exact) mass is 354 g/mol. The molecule has 1 atom stereocenters. The van der Waals surface area contributed by atoms with Gasteiger partial charge in [0.15, 0.2) is 0 Å². The zero-order valence-electron chi connectivity index (χ0n) is 12.0. The van der Waals surface area contributed by atoms with E-state index in [0.717, 1.165) is 15.6 Å². The Bertz CT molecular complexity index is 732. The largest absolute Gasteiger partial charge is 0.370 e. The minimum atomic E-state index is -0.336. The lowest BCUT2D eigenvalue weighted by Gasteiger charge is -2.27. The van der Waals surface area contributed by atoms with E-state index in [9.17, 15) is 9.59 Å². The van der Waals surface area contributed by atoms with Crippen molar-refractivity contribution in [3.05, 3.63) is 32.7 Å². The number of aromatic nitrogens is 2. The van der Waals surface area contributed by atoms with Gasteiger partial charge in [-0.2, -0.15) is 0 Å². The normalized spacial score (nSPS) is 13.5. The summed E-state index contributed by atoms with van der Waals surface area (Å²) in [5.41, 5.74) is 13.3. The number of hydrogen-bond donors (Lipinski definition) is 4. The molecule has 0 spiro atoms. The Morgan fingerprint density at radius 2 is 1.90 bits per heavy atom. The number of fused-ring (bicyclic) bond motifs is 1. The Morgan fingerprint density at radius 3 is 2.48 bits per heavy atom. The molecule has 0 saturated heterocycles. The van der Waals surface area contributed by atoms with Crippen LogP contribution in [0, 0.1) is 5.41 Å². The molecule has 1 aromatic heterocycles. The van der Waals surface area contributed by atoms with Gasteiger partial charge in [-0.05, 0) is 29.5 Å². The summed E-state index contributed by atoms with van der Waals surface area (Å²) in [5.74, 6) is -0.336. The van der Waals surface area contributed by atoms with Crippen LogP contribution in [0.2, 0.25) is 0 Å². The van der Waals surface area contributed by atoms with Gasteiger partial charge in [0.25, 0.3) is 0 Å². The van der Waals surface area contributed by atoms with E-state index in [1.807, 2.05) is 26.0 Å². The lowest BCUT2D eigenvalue weighted by molar-refractivity contribution is -0.120. The van der Waals surface area contributed by atoms with E-state index in [-0.39, 0.29) is 29.5 Å². The number of rotatable bonds is 5. The standard InChI is InChI=1S/C14H19BrN4O2/c1-14(2,6-12(17)20)5-9(16)7-3-10-11(4-8(7)15)19-13(21)18-10/h3-4,9H,5-6,16H2,1-2H3,(H2,17,20)(H2,18,19,21). The summed E-state index contributed by atoms with van der Waals surface area (Å²) in [7, 11) is 0. The summed E-state index contributed by atoms with van der Waals surface area (Å²) in [6.45, 7) is 3.92. The fraction of sp³-hybridized carbons (Fsp3) is 0.429. The number of nitrogens with one attached hydrogen (secondary N) is 2. The van der Waals surface area contributed by atoms with E-state index >= 15 is 0 Å². The van der Waals surface area contributed by atoms with Crippen molar-refractivity contribution in [2.45, 2.75) is 32.7 Å². The Balaban J connectivity index is 2.30. The number of halogens is 1. The van der Waals surface area contributed by atoms with Gasteiger partial charge in [0.05, 0.1) is 11.0 Å². The number of carbonyl (C=O) groups is 1. The number of amides is 1. The summed E-state index contributed by atoms with van der Waals surface area (Å²) in [4.78, 5) is 27.8. The molecule has 0 radical (unpaired) electrons. The van der Waals surface area contributed by atoms with Crippen molar-refractivity contribution in [3.63, 3.8) is 0 Å². The molecule has 1 unspecified atom stereocenters. The van der Waals surface area contributed by atoms with Gasteiger partial charge in [-0.25, -0.2) is 4.79 Å². The second-order valence-electron chi connectivity index (χ2n) is 6.12. The number of benzene rings is 1. The third-order valence-electron chi connectivity index (χ3n) is 3.46. The van der Waals surface area contributed by atoms with Crippen LogP contribution in [0.4, 0.5) is 0 Å². The van der Waals surface area contributed by atoms with Gasteiger partial charge in [0, 0.05) is 16.9 Å². The molecule has 0 bridgehead atoms. The van der Waals surface area contributed by atoms with Gasteiger partial charge < -0.3 is 21.4 Å². The number of imidazole rings is 1. The van der Waals surface area contributed by atoms with Crippen LogP contribution >= 0.6 is 15.9 Å². The Kier molecular flexibility index (Phi) is 4.25. The van der Waals surface area contributed by atoms with Crippen molar-refractivity contribution >= 4 is 32.9 Å². The first-order chi connectivity index (χ1) is 9.68. The van der Waals surface area contributed by atoms with E-state index in [0.29, 0.717) is 11.9 Å². The highest BCUT2D eigenvalue weighted by Crippen LogP contribution is 2.35. The molecule has 21 heavy (non-hydrogen) atoms. The smallest absolute Gasteiger partial charge is 0.323 e. The number of nitrogens with two attached hydrogens (primary N) is 2. The number of primary amides is 1. The average Bonchev–Trinajstić information content (AvgIpc) is 2.64. The van der Waals surface area contributed by atoms with Gasteiger partial charge in [-0.3, -0.25) is 4.79 Å². The number of H-pyrrole nitrogens is 2. The maximum Gasteiger partial charge on any atom is 0.323 e. The molecule has 1 heterocycles. The van der Waals surface area contributed by atoms with Crippen molar-refractivity contribution < 1.29 is 4.79 Å². The molecule has 0 fully saturated rings. The highest BCUT2D eigenvalue weighted by molar-refractivity contribution is 9.10. The lowest BCUT2D eigenvalue weighted by atomic mass is 9.81. The highest BCUT2D eigenvalue weighted by Gasteiger charge is 2.25. The van der Waals surface area contributed by atoms with E-state index < -0.39 is 0 Å². The first kappa shape index (κ1) is 15.8. The maximum absolute atomic E-state index is 11.3. The zero-order chi connectivity index (χ0) is 15.8. The average molecular weight is 355 g/mol. The van der Waals surface area contributed by atoms with E-state index in [4.69, 9.17) is 11.5 Å². The minimum Gasteiger partial charge on any atom is -0.370 e. The number of aromatic amines is 2. The highest BCUT2D eigenvalue weighted by atomic mass is 79.9. The fourth-order valence-corrected chi connectivity index (χ4v) is 3.24. The van der Waals surface area contributed by atoms with Crippen LogP contribution in [0.1, 0.15) is 38.3 Å². The molecular weight excluding hydrogens is 336 g/mol. The van der Waals surface area contributed by atoms with Crippen LogP contribution < -0.4 is 17.2 Å². The fourth-order valence-electron chi connectivity index (χ4n) is 2.61. The van der Waals surface area contributed by atoms with Crippen molar-refractivity contribution in [1.29, 1.82) is 0 Å². The van der Waals surface area contributed by atoms with Crippen molar-refractivity contribution in [3.8, 4) is 0 Å². The van der Waals surface area contributed by atoms with Gasteiger partial charge in [-0.15, -0.1) is 0 Å². The van der Waals surface area contributed by atoms with Crippen LogP contribution in [0.15, 0.2) is 21.4 Å². The van der Waals surface area contributed by atoms with Crippen LogP contribution in [0.3, 0.4) is 0 Å². The molecule has 7 heteroatoms. The Labute approximate surface area is 130 Å². The van der Waals surface area contributed by atoms with Crippen LogP contribution in [-0.4, -0.2) is 15.9 Å². The first-order valence-corrected chi connectivity index (χ1v) is 7.42. The summed E-state index contributed by atoms with van der Waals surface area (Å²) in [5, 5.41) is 0. The molecule has 114 valence electrons. The predicted molar refractivity (Wildman–Crippen MR) is 85.8 cm³/mol. The maximum atomic E-state index is 11.3. The molecule has 0 saturated carbocycles. The number of carbonyl (C=O) groups excluding carboxylic acids is 1. The zero-order valence-corrected chi connectivity index (χ0v) is 13.6. The summed E-state index contributed by atoms with van der Waals surface area (Å²) in [6, 6.07) is 3.41. The van der Waals surface area contributed by atoms with Gasteiger partial charge >= 0.3 is 5.69 Å². The molecule has 0 aliphatic carbocycles. The first-order valence-electron chi connectivity index (χ1n) is 6.63. The van der Waals surface area contributed by atoms with Crippen molar-refractivity contribution in [1.82, 2.24) is 9.97 Å². The summed E-state index contributed by atoms with van der Waals surface area (Å²) in [6.07, 6.45) is 0.885. The molecule has 2 aromatic rings. The molecule has 2 rings (SSSR count). The van der Waals surface area contributed by atoms with Crippen LogP contribution in [0.5, 0.6) is 0 Å². The quantitative estimate of drug-likeness (QED) is 0.656. The summed E-state index contributed by atoms with van der Waals surface area (Å²) < 4.78 is 0.827. The van der Waals surface area contributed by atoms with E-state index in [1.165, 1.54) is 0 Å². The van der Waals surface area contributed by atoms with Gasteiger partial charge in [0.2, 0.25) is 5.91 Å². The van der Waals surface area contributed by atoms with Gasteiger partial charge in [-0.1, -0.05) is 29.8 Å². The topological polar surface area (TPSA) is 118 Å². The Hall–Kier alpha value is -1.60.